The van der Waals surface area contributed by atoms with Crippen LogP contribution in [0.2, 0.25) is 0 Å². The highest BCUT2D eigenvalue weighted by molar-refractivity contribution is 5.96. The Morgan fingerprint density at radius 2 is 1.95 bits per heavy atom. The fourth-order valence-corrected chi connectivity index (χ4v) is 2.72. The number of rotatable bonds is 7. The quantitative estimate of drug-likeness (QED) is 0.727. The summed E-state index contributed by atoms with van der Waals surface area (Å²) < 4.78 is 5.65. The largest absolute Gasteiger partial charge is 0.376 e. The van der Waals surface area contributed by atoms with Crippen LogP contribution in [-0.2, 0) is 9.53 Å². The maximum Gasteiger partial charge on any atom is 0.222 e. The Bertz CT molecular complexity index is 480. The second-order valence-electron chi connectivity index (χ2n) is 5.91. The van der Waals surface area contributed by atoms with Gasteiger partial charge in [-0.15, -0.1) is 0 Å². The molecule has 2 rings (SSSR count). The van der Waals surface area contributed by atoms with Crippen molar-refractivity contribution < 1.29 is 14.3 Å². The van der Waals surface area contributed by atoms with Crippen molar-refractivity contribution in [3.8, 4) is 0 Å². The van der Waals surface area contributed by atoms with E-state index >= 15 is 0 Å². The van der Waals surface area contributed by atoms with E-state index < -0.39 is 0 Å². The lowest BCUT2D eigenvalue weighted by atomic mass is 10.1. The Morgan fingerprint density at radius 1 is 1.18 bits per heavy atom. The van der Waals surface area contributed by atoms with E-state index in [1.165, 1.54) is 6.42 Å². The number of hydrogen-bond acceptors (Lipinski definition) is 3. The third kappa shape index (κ3) is 5.26. The monoisotopic (exact) mass is 303 g/mol. The lowest BCUT2D eigenvalue weighted by molar-refractivity contribution is -0.132. The van der Waals surface area contributed by atoms with Crippen molar-refractivity contribution in [2.45, 2.75) is 44.6 Å². The highest BCUT2D eigenvalue weighted by atomic mass is 16.5. The van der Waals surface area contributed by atoms with Crippen molar-refractivity contribution in [3.05, 3.63) is 35.9 Å². The molecule has 1 aromatic rings. The molecule has 0 unspecified atom stereocenters. The van der Waals surface area contributed by atoms with Gasteiger partial charge in [-0.05, 0) is 25.7 Å². The number of hydrogen-bond donors (Lipinski definition) is 0. The summed E-state index contributed by atoms with van der Waals surface area (Å²) in [7, 11) is 1.82. The molecule has 1 atom stereocenters. The van der Waals surface area contributed by atoms with Crippen molar-refractivity contribution in [2.75, 3.05) is 20.2 Å². The first kappa shape index (κ1) is 16.7. The van der Waals surface area contributed by atoms with Crippen LogP contribution < -0.4 is 0 Å². The number of ketones is 1. The van der Waals surface area contributed by atoms with Crippen LogP contribution in [0, 0.1) is 0 Å². The van der Waals surface area contributed by atoms with Gasteiger partial charge in [0.05, 0.1) is 6.10 Å². The fraction of sp³-hybridized carbons (Fsp3) is 0.556. The van der Waals surface area contributed by atoms with Crippen LogP contribution in [-0.4, -0.2) is 42.9 Å². The predicted octanol–water partition coefficient (Wildman–Crippen LogP) is 3.07. The third-order valence-electron chi connectivity index (χ3n) is 4.07. The summed E-state index contributed by atoms with van der Waals surface area (Å²) in [5.74, 6) is 0.196. The number of carbonyl (C=O) groups is 2. The molecular weight excluding hydrogens is 278 g/mol. The average Bonchev–Trinajstić information content (AvgIpc) is 2.56. The predicted molar refractivity (Wildman–Crippen MR) is 85.9 cm³/mol. The maximum atomic E-state index is 12.1. The second-order valence-corrected chi connectivity index (χ2v) is 5.91. The molecule has 22 heavy (non-hydrogen) atoms. The lowest BCUT2D eigenvalue weighted by Gasteiger charge is -2.27. The molecule has 1 aromatic carbocycles. The minimum absolute atomic E-state index is 0.0926. The Labute approximate surface area is 132 Å². The molecule has 0 aliphatic carbocycles. The summed E-state index contributed by atoms with van der Waals surface area (Å²) >= 11 is 0. The first-order valence-electron chi connectivity index (χ1n) is 8.10. The van der Waals surface area contributed by atoms with Crippen LogP contribution in [0.15, 0.2) is 30.3 Å². The van der Waals surface area contributed by atoms with Crippen LogP contribution in [0.1, 0.15) is 48.9 Å². The van der Waals surface area contributed by atoms with Gasteiger partial charge in [0.2, 0.25) is 5.91 Å². The van der Waals surface area contributed by atoms with Crippen molar-refractivity contribution in [1.82, 2.24) is 4.90 Å². The summed E-state index contributed by atoms with van der Waals surface area (Å²) in [6.07, 6.45) is 4.94. The second kappa shape index (κ2) is 8.69. The third-order valence-corrected chi connectivity index (χ3v) is 4.07. The Hall–Kier alpha value is -1.68. The summed E-state index contributed by atoms with van der Waals surface area (Å²) in [5.41, 5.74) is 0.721. The molecule has 1 aliphatic heterocycles. The Kier molecular flexibility index (Phi) is 6.59. The van der Waals surface area contributed by atoms with E-state index in [1.54, 1.807) is 4.90 Å². The molecule has 1 saturated heterocycles. The SMILES string of the molecule is CN(C[C@@H]1CCCCO1)C(=O)CCCC(=O)c1ccccc1. The average molecular weight is 303 g/mol. The van der Waals surface area contributed by atoms with E-state index in [2.05, 4.69) is 0 Å². The molecule has 4 heteroatoms. The van der Waals surface area contributed by atoms with E-state index in [-0.39, 0.29) is 17.8 Å². The van der Waals surface area contributed by atoms with Gasteiger partial charge in [-0.1, -0.05) is 30.3 Å². The van der Waals surface area contributed by atoms with Gasteiger partial charge in [0.15, 0.2) is 5.78 Å². The van der Waals surface area contributed by atoms with E-state index in [0.717, 1.165) is 25.0 Å². The molecule has 0 aromatic heterocycles. The van der Waals surface area contributed by atoms with Crippen molar-refractivity contribution in [3.63, 3.8) is 0 Å². The van der Waals surface area contributed by atoms with E-state index in [4.69, 9.17) is 4.74 Å². The number of carbonyl (C=O) groups excluding carboxylic acids is 2. The molecule has 1 amide bonds. The first-order valence-corrected chi connectivity index (χ1v) is 8.10. The van der Waals surface area contributed by atoms with Crippen LogP contribution in [0.3, 0.4) is 0 Å². The van der Waals surface area contributed by atoms with Gasteiger partial charge in [-0.3, -0.25) is 9.59 Å². The van der Waals surface area contributed by atoms with Crippen molar-refractivity contribution >= 4 is 11.7 Å². The van der Waals surface area contributed by atoms with Crippen molar-refractivity contribution in [2.24, 2.45) is 0 Å². The molecule has 0 saturated carbocycles. The summed E-state index contributed by atoms with van der Waals surface area (Å²) in [6, 6.07) is 9.24. The topological polar surface area (TPSA) is 46.6 Å². The lowest BCUT2D eigenvalue weighted by Crippen LogP contribution is -2.37. The molecule has 0 N–H and O–H groups in total. The zero-order chi connectivity index (χ0) is 15.8. The number of likely N-dealkylation sites (N-methyl/N-ethyl adjacent to an activating group) is 1. The first-order chi connectivity index (χ1) is 10.7. The van der Waals surface area contributed by atoms with Crippen LogP contribution in [0.25, 0.3) is 0 Å². The van der Waals surface area contributed by atoms with Crippen molar-refractivity contribution in [1.29, 1.82) is 0 Å². The number of ether oxygens (including phenoxy) is 1. The van der Waals surface area contributed by atoms with Crippen LogP contribution in [0.4, 0.5) is 0 Å². The Morgan fingerprint density at radius 3 is 2.64 bits per heavy atom. The minimum Gasteiger partial charge on any atom is -0.376 e. The molecule has 120 valence electrons. The van der Waals surface area contributed by atoms with Gasteiger partial charge in [0.1, 0.15) is 0 Å². The number of benzene rings is 1. The van der Waals surface area contributed by atoms with Gasteiger partial charge in [-0.2, -0.15) is 0 Å². The minimum atomic E-state index is 0.0926. The van der Waals surface area contributed by atoms with Gasteiger partial charge < -0.3 is 9.64 Å². The normalized spacial score (nSPS) is 18.0. The highest BCUT2D eigenvalue weighted by Crippen LogP contribution is 2.14. The standard InChI is InChI=1S/C18H25NO3/c1-19(14-16-10-5-6-13-22-16)18(21)12-7-11-17(20)15-8-3-2-4-9-15/h2-4,8-9,16H,5-7,10-14H2,1H3/t16-/m0/s1. The van der Waals surface area contributed by atoms with Gasteiger partial charge >= 0.3 is 0 Å². The molecule has 1 fully saturated rings. The van der Waals surface area contributed by atoms with Crippen LogP contribution >= 0.6 is 0 Å². The summed E-state index contributed by atoms with van der Waals surface area (Å²) in [4.78, 5) is 25.8. The molecule has 0 spiro atoms. The summed E-state index contributed by atoms with van der Waals surface area (Å²) in [6.45, 7) is 1.46. The van der Waals surface area contributed by atoms with Gasteiger partial charge in [0.25, 0.3) is 0 Å². The Balaban J connectivity index is 1.67. The smallest absolute Gasteiger partial charge is 0.222 e. The van der Waals surface area contributed by atoms with Crippen LogP contribution in [0.5, 0.6) is 0 Å². The zero-order valence-corrected chi connectivity index (χ0v) is 13.3. The molecule has 1 aliphatic rings. The van der Waals surface area contributed by atoms with Gasteiger partial charge in [-0.25, -0.2) is 0 Å². The molecule has 0 bridgehead atoms. The summed E-state index contributed by atoms with van der Waals surface area (Å²) in [5, 5.41) is 0. The number of nitrogens with zero attached hydrogens (tertiary/aromatic N) is 1. The maximum absolute atomic E-state index is 12.1. The van der Waals surface area contributed by atoms with Gasteiger partial charge in [0, 0.05) is 38.6 Å². The highest BCUT2D eigenvalue weighted by Gasteiger charge is 2.18. The molecule has 1 heterocycles. The van der Waals surface area contributed by atoms with E-state index in [9.17, 15) is 9.59 Å². The molecular formula is C18H25NO3. The molecule has 4 nitrogen and oxygen atoms in total. The van der Waals surface area contributed by atoms with E-state index in [0.29, 0.717) is 25.8 Å². The number of Topliss-reactive ketones (excluding diaryl/α,β-unsaturated/α-hetero) is 1. The van der Waals surface area contributed by atoms with E-state index in [1.807, 2.05) is 37.4 Å². The fourth-order valence-electron chi connectivity index (χ4n) is 2.72. The molecule has 0 radical (unpaired) electrons. The zero-order valence-electron chi connectivity index (χ0n) is 13.3. The number of amides is 1.